The van der Waals surface area contributed by atoms with E-state index in [-0.39, 0.29) is 5.91 Å². The summed E-state index contributed by atoms with van der Waals surface area (Å²) < 4.78 is 1.82. The molecule has 22 heavy (non-hydrogen) atoms. The monoisotopic (exact) mass is 325 g/mol. The van der Waals surface area contributed by atoms with E-state index in [2.05, 4.69) is 25.9 Å². The molecule has 0 aliphatic heterocycles. The minimum Gasteiger partial charge on any atom is -0.339 e. The number of carbonyl (C=O) groups is 1. The molecular weight excluding hydrogens is 298 g/mol. The van der Waals surface area contributed by atoms with Crippen molar-refractivity contribution in [2.24, 2.45) is 0 Å². The molecule has 0 aromatic carbocycles. The summed E-state index contributed by atoms with van der Waals surface area (Å²) in [7, 11) is 0. The molecule has 0 spiro atoms. The van der Waals surface area contributed by atoms with E-state index in [9.17, 15) is 4.79 Å². The van der Waals surface area contributed by atoms with Crippen molar-refractivity contribution in [2.45, 2.75) is 59.9 Å². The van der Waals surface area contributed by atoms with Crippen LogP contribution in [-0.2, 0) is 11.3 Å². The Bertz CT molecular complexity index is 502. The number of amides is 1. The van der Waals surface area contributed by atoms with Crippen LogP contribution in [0.5, 0.6) is 0 Å². The Balaban J connectivity index is 2.84. The van der Waals surface area contributed by atoms with E-state index in [1.807, 2.05) is 16.5 Å². The number of rotatable bonds is 9. The third kappa shape index (κ3) is 5.16. The van der Waals surface area contributed by atoms with Gasteiger partial charge in [-0.15, -0.1) is 0 Å². The van der Waals surface area contributed by atoms with E-state index in [0.717, 1.165) is 56.6 Å². The summed E-state index contributed by atoms with van der Waals surface area (Å²) in [6.45, 7) is 10.6. The lowest BCUT2D eigenvalue weighted by atomic mass is 10.2. The van der Waals surface area contributed by atoms with Crippen LogP contribution in [0, 0.1) is 6.92 Å². The van der Waals surface area contributed by atoms with Crippen molar-refractivity contribution >= 4 is 23.6 Å². The van der Waals surface area contributed by atoms with Gasteiger partial charge in [-0.25, -0.2) is 0 Å². The van der Waals surface area contributed by atoms with Crippen molar-refractivity contribution in [2.75, 3.05) is 13.1 Å². The lowest BCUT2D eigenvalue weighted by Gasteiger charge is -2.19. The number of aromatic nitrogens is 2. The van der Waals surface area contributed by atoms with Crippen molar-refractivity contribution in [3.8, 4) is 0 Å². The molecule has 0 aliphatic rings. The van der Waals surface area contributed by atoms with Crippen molar-refractivity contribution < 1.29 is 4.79 Å². The fraction of sp³-hybridized carbons (Fsp3) is 0.647. The van der Waals surface area contributed by atoms with Gasteiger partial charge in [0.05, 0.1) is 5.69 Å². The van der Waals surface area contributed by atoms with Crippen LogP contribution in [0.2, 0.25) is 5.15 Å². The predicted octanol–water partition coefficient (Wildman–Crippen LogP) is 4.31. The minimum absolute atomic E-state index is 0.0421. The first-order chi connectivity index (χ1) is 10.5. The number of hydrogen-bond donors (Lipinski definition) is 0. The van der Waals surface area contributed by atoms with Gasteiger partial charge < -0.3 is 4.90 Å². The summed E-state index contributed by atoms with van der Waals surface area (Å²) in [6, 6.07) is 0. The first-order valence-corrected chi connectivity index (χ1v) is 8.62. The van der Waals surface area contributed by atoms with Crippen LogP contribution in [0.3, 0.4) is 0 Å². The highest BCUT2D eigenvalue weighted by Crippen LogP contribution is 2.21. The fourth-order valence-electron chi connectivity index (χ4n) is 2.34. The van der Waals surface area contributed by atoms with Crippen LogP contribution < -0.4 is 0 Å². The smallest absolute Gasteiger partial charge is 0.246 e. The van der Waals surface area contributed by atoms with Gasteiger partial charge in [0.1, 0.15) is 5.15 Å². The van der Waals surface area contributed by atoms with Crippen LogP contribution in [-0.4, -0.2) is 33.7 Å². The molecule has 5 heteroatoms. The van der Waals surface area contributed by atoms with Crippen LogP contribution in [0.1, 0.15) is 57.7 Å². The molecule has 124 valence electrons. The van der Waals surface area contributed by atoms with Crippen molar-refractivity contribution in [1.29, 1.82) is 0 Å². The number of nitrogens with zero attached hydrogens (tertiary/aromatic N) is 3. The summed E-state index contributed by atoms with van der Waals surface area (Å²) in [5.41, 5.74) is 1.71. The average Bonchev–Trinajstić information content (AvgIpc) is 2.76. The van der Waals surface area contributed by atoms with Crippen molar-refractivity contribution in [1.82, 2.24) is 14.7 Å². The maximum atomic E-state index is 12.3. The average molecular weight is 326 g/mol. The van der Waals surface area contributed by atoms with Crippen LogP contribution >= 0.6 is 11.6 Å². The molecule has 0 aliphatic carbocycles. The number of halogens is 1. The van der Waals surface area contributed by atoms with E-state index in [1.54, 1.807) is 12.2 Å². The molecule has 0 saturated carbocycles. The lowest BCUT2D eigenvalue weighted by Crippen LogP contribution is -2.30. The second-order valence-electron chi connectivity index (χ2n) is 5.53. The summed E-state index contributed by atoms with van der Waals surface area (Å²) in [4.78, 5) is 14.1. The van der Waals surface area contributed by atoms with Gasteiger partial charge in [-0.05, 0) is 32.3 Å². The lowest BCUT2D eigenvalue weighted by molar-refractivity contribution is -0.126. The molecule has 0 fully saturated rings. The van der Waals surface area contributed by atoms with Crippen LogP contribution in [0.15, 0.2) is 6.08 Å². The molecule has 1 rings (SSSR count). The first kappa shape index (κ1) is 18.8. The molecule has 0 radical (unpaired) electrons. The Morgan fingerprint density at radius 3 is 2.41 bits per heavy atom. The Labute approximate surface area is 139 Å². The molecule has 0 bridgehead atoms. The summed E-state index contributed by atoms with van der Waals surface area (Å²) in [6.07, 6.45) is 7.49. The second-order valence-corrected chi connectivity index (χ2v) is 5.88. The zero-order valence-electron chi connectivity index (χ0n) is 14.2. The zero-order chi connectivity index (χ0) is 16.5. The van der Waals surface area contributed by atoms with E-state index in [1.165, 1.54) is 0 Å². The van der Waals surface area contributed by atoms with Crippen LogP contribution in [0.4, 0.5) is 0 Å². The quantitative estimate of drug-likeness (QED) is 0.635. The van der Waals surface area contributed by atoms with Crippen LogP contribution in [0.25, 0.3) is 6.08 Å². The third-order valence-corrected chi connectivity index (χ3v) is 3.92. The van der Waals surface area contributed by atoms with Gasteiger partial charge in [-0.2, -0.15) is 5.10 Å². The third-order valence-electron chi connectivity index (χ3n) is 3.52. The predicted molar refractivity (Wildman–Crippen MR) is 93.1 cm³/mol. The molecule has 4 nitrogen and oxygen atoms in total. The summed E-state index contributed by atoms with van der Waals surface area (Å²) in [5.74, 6) is 0.0421. The molecule has 0 unspecified atom stereocenters. The molecule has 1 aromatic rings. The van der Waals surface area contributed by atoms with Gasteiger partial charge in [0.2, 0.25) is 5.91 Å². The van der Waals surface area contributed by atoms with E-state index in [4.69, 9.17) is 11.6 Å². The Kier molecular flexibility index (Phi) is 8.25. The molecule has 0 saturated heterocycles. The second kappa shape index (κ2) is 9.67. The zero-order valence-corrected chi connectivity index (χ0v) is 15.0. The SMILES string of the molecule is CCCCn1nc(C)c(/C=C/C(=O)N(CCC)CCC)c1Cl. The number of carbonyl (C=O) groups excluding carboxylic acids is 1. The molecular formula is C17H28ClN3O. The number of aryl methyl sites for hydroxylation is 2. The van der Waals surface area contributed by atoms with Gasteiger partial charge in [0, 0.05) is 31.3 Å². The van der Waals surface area contributed by atoms with Crippen molar-refractivity contribution in [3.63, 3.8) is 0 Å². The molecule has 1 aromatic heterocycles. The van der Waals surface area contributed by atoms with Gasteiger partial charge >= 0.3 is 0 Å². The van der Waals surface area contributed by atoms with E-state index < -0.39 is 0 Å². The highest BCUT2D eigenvalue weighted by molar-refractivity contribution is 6.31. The minimum atomic E-state index is 0.0421. The Morgan fingerprint density at radius 2 is 1.86 bits per heavy atom. The van der Waals surface area contributed by atoms with Gasteiger partial charge in [-0.3, -0.25) is 9.48 Å². The Hall–Kier alpha value is -1.29. The molecule has 1 heterocycles. The standard InChI is InChI=1S/C17H28ClN3O/c1-5-8-13-21-17(18)15(14(4)19-21)9-10-16(22)20(11-6-2)12-7-3/h9-10H,5-8,11-13H2,1-4H3/b10-9+. The summed E-state index contributed by atoms with van der Waals surface area (Å²) in [5, 5.41) is 5.07. The molecule has 1 amide bonds. The maximum Gasteiger partial charge on any atom is 0.246 e. The maximum absolute atomic E-state index is 12.3. The molecule has 0 atom stereocenters. The van der Waals surface area contributed by atoms with Gasteiger partial charge in [-0.1, -0.05) is 38.8 Å². The topological polar surface area (TPSA) is 38.1 Å². The van der Waals surface area contributed by atoms with Gasteiger partial charge in [0.25, 0.3) is 0 Å². The first-order valence-electron chi connectivity index (χ1n) is 8.24. The Morgan fingerprint density at radius 1 is 1.23 bits per heavy atom. The van der Waals surface area contributed by atoms with E-state index in [0.29, 0.717) is 5.15 Å². The highest BCUT2D eigenvalue weighted by atomic mass is 35.5. The fourth-order valence-corrected chi connectivity index (χ4v) is 2.67. The van der Waals surface area contributed by atoms with Crippen molar-refractivity contribution in [3.05, 3.63) is 22.5 Å². The molecule has 0 N–H and O–H groups in total. The van der Waals surface area contributed by atoms with E-state index >= 15 is 0 Å². The normalized spacial score (nSPS) is 11.3. The number of unbranched alkanes of at least 4 members (excludes halogenated alkanes) is 1. The number of hydrogen-bond acceptors (Lipinski definition) is 2. The largest absolute Gasteiger partial charge is 0.339 e. The highest BCUT2D eigenvalue weighted by Gasteiger charge is 2.12. The summed E-state index contributed by atoms with van der Waals surface area (Å²) >= 11 is 6.38. The van der Waals surface area contributed by atoms with Gasteiger partial charge in [0.15, 0.2) is 0 Å².